The van der Waals surface area contributed by atoms with Crippen LogP contribution in [-0.4, -0.2) is 32.2 Å². The molecular formula is C31H33N3O4. The number of carboxylic acid groups (broad SMARTS) is 1. The molecule has 38 heavy (non-hydrogen) atoms. The average molecular weight is 512 g/mol. The van der Waals surface area contributed by atoms with Crippen molar-refractivity contribution < 1.29 is 15.0 Å². The summed E-state index contributed by atoms with van der Waals surface area (Å²) in [5.74, 6) is -0.978. The Hall–Kier alpha value is -4.39. The number of hydrogen-bond acceptors (Lipinski definition) is 4. The van der Waals surface area contributed by atoms with E-state index in [1.807, 2.05) is 32.9 Å². The zero-order valence-electron chi connectivity index (χ0n) is 22.4. The van der Waals surface area contributed by atoms with Gasteiger partial charge in [0.1, 0.15) is 11.4 Å². The van der Waals surface area contributed by atoms with Gasteiger partial charge in [0.2, 0.25) is 0 Å². The molecule has 0 unspecified atom stereocenters. The van der Waals surface area contributed by atoms with Crippen molar-refractivity contribution in [3.63, 3.8) is 0 Å². The highest BCUT2D eigenvalue weighted by Gasteiger charge is 2.24. The second-order valence-corrected chi connectivity index (χ2v) is 10.6. The Bertz CT molecular complexity index is 1590. The lowest BCUT2D eigenvalue weighted by molar-refractivity contribution is 0.0697. The van der Waals surface area contributed by atoms with Crippen LogP contribution in [0.1, 0.15) is 64.6 Å². The Morgan fingerprint density at radius 3 is 2.42 bits per heavy atom. The molecule has 0 spiro atoms. The molecule has 4 aromatic rings. The maximum Gasteiger partial charge on any atom is 0.335 e. The van der Waals surface area contributed by atoms with E-state index >= 15 is 0 Å². The van der Waals surface area contributed by atoms with Gasteiger partial charge in [-0.25, -0.2) is 9.48 Å². The zero-order valence-corrected chi connectivity index (χ0v) is 22.4. The normalized spacial score (nSPS) is 11.8. The van der Waals surface area contributed by atoms with Crippen molar-refractivity contribution in [1.82, 2.24) is 9.78 Å². The number of aromatic hydroxyl groups is 1. The number of phenolic OH excluding ortho intramolecular Hbond substituents is 1. The summed E-state index contributed by atoms with van der Waals surface area (Å²) in [7, 11) is 0. The Balaban J connectivity index is 1.68. The summed E-state index contributed by atoms with van der Waals surface area (Å²) < 4.78 is 1.33. The van der Waals surface area contributed by atoms with Gasteiger partial charge < -0.3 is 10.2 Å². The molecule has 0 aliphatic rings. The van der Waals surface area contributed by atoms with Crippen molar-refractivity contribution >= 4 is 17.9 Å². The van der Waals surface area contributed by atoms with Gasteiger partial charge in [-0.1, -0.05) is 62.7 Å². The molecule has 0 amide bonds. The fourth-order valence-corrected chi connectivity index (χ4v) is 4.46. The highest BCUT2D eigenvalue weighted by atomic mass is 16.4. The lowest BCUT2D eigenvalue weighted by Gasteiger charge is -2.17. The number of aryl methyl sites for hydroxylation is 4. The second kappa shape index (κ2) is 10.5. The van der Waals surface area contributed by atoms with Crippen LogP contribution in [-0.2, 0) is 18.3 Å². The number of aromatic nitrogens is 2. The molecule has 0 saturated carbocycles. The van der Waals surface area contributed by atoms with Crippen LogP contribution >= 0.6 is 0 Å². The first-order chi connectivity index (χ1) is 18.0. The Labute approximate surface area is 222 Å². The van der Waals surface area contributed by atoms with Crippen LogP contribution in [0.25, 0.3) is 5.69 Å². The summed E-state index contributed by atoms with van der Waals surface area (Å²) in [4.78, 5) is 29.4. The van der Waals surface area contributed by atoms with E-state index in [0.717, 1.165) is 12.0 Å². The average Bonchev–Trinajstić information content (AvgIpc) is 3.21. The molecule has 0 saturated heterocycles. The standard InChI is InChI=1S/C31H33N3O4/c1-19-12-13-20(2)22(16-19)15-14-21-8-7-11-26(27(21)35)32-18-25-28(31(3,4)5)33-34(29(25)36)24-10-6-9-23(17-24)30(37)38/h6-13,16-18,33,35H,14-15H2,1-5H3,(H,37,38). The van der Waals surface area contributed by atoms with E-state index in [0.29, 0.717) is 29.1 Å². The van der Waals surface area contributed by atoms with Crippen LogP contribution in [0, 0.1) is 13.8 Å². The fourth-order valence-electron chi connectivity index (χ4n) is 4.46. The van der Waals surface area contributed by atoms with E-state index in [9.17, 15) is 19.8 Å². The molecule has 196 valence electrons. The molecule has 1 heterocycles. The van der Waals surface area contributed by atoms with Crippen molar-refractivity contribution in [3.05, 3.63) is 110 Å². The third-order valence-electron chi connectivity index (χ3n) is 6.63. The van der Waals surface area contributed by atoms with Crippen LogP contribution in [0.3, 0.4) is 0 Å². The molecule has 0 radical (unpaired) electrons. The predicted octanol–water partition coefficient (Wildman–Crippen LogP) is 6.02. The fraction of sp³-hybridized carbons (Fsp3) is 0.258. The smallest absolute Gasteiger partial charge is 0.335 e. The van der Waals surface area contributed by atoms with E-state index in [1.165, 1.54) is 39.7 Å². The van der Waals surface area contributed by atoms with E-state index in [1.54, 1.807) is 18.2 Å². The first-order valence-electron chi connectivity index (χ1n) is 12.6. The van der Waals surface area contributed by atoms with Gasteiger partial charge in [0.15, 0.2) is 0 Å². The molecule has 7 nitrogen and oxygen atoms in total. The lowest BCUT2D eigenvalue weighted by atomic mass is 9.90. The van der Waals surface area contributed by atoms with E-state index < -0.39 is 11.4 Å². The SMILES string of the molecule is Cc1ccc(C)c(CCc2cccc(N=Cc3c(C(C)(C)C)[nH]n(-c4cccc(C(=O)O)c4)c3=O)c2O)c1. The highest BCUT2D eigenvalue weighted by Crippen LogP contribution is 2.32. The van der Waals surface area contributed by atoms with Gasteiger partial charge in [-0.2, -0.15) is 0 Å². The molecule has 3 aromatic carbocycles. The van der Waals surface area contributed by atoms with Crippen LogP contribution in [0.4, 0.5) is 5.69 Å². The van der Waals surface area contributed by atoms with Gasteiger partial charge in [0.05, 0.1) is 22.5 Å². The quantitative estimate of drug-likeness (QED) is 0.264. The number of nitrogens with zero attached hydrogens (tertiary/aromatic N) is 2. The third kappa shape index (κ3) is 5.62. The number of nitrogens with one attached hydrogen (secondary N) is 1. The van der Waals surface area contributed by atoms with E-state index in [4.69, 9.17) is 0 Å². The van der Waals surface area contributed by atoms with Crippen molar-refractivity contribution in [2.75, 3.05) is 0 Å². The molecule has 0 fully saturated rings. The minimum absolute atomic E-state index is 0.0825. The monoisotopic (exact) mass is 511 g/mol. The summed E-state index contributed by atoms with van der Waals surface area (Å²) in [5, 5.41) is 23.5. The maximum atomic E-state index is 13.4. The van der Waals surface area contributed by atoms with Crippen molar-refractivity contribution in [2.24, 2.45) is 4.99 Å². The Morgan fingerprint density at radius 2 is 1.71 bits per heavy atom. The Kier molecular flexibility index (Phi) is 7.39. The van der Waals surface area contributed by atoms with Gasteiger partial charge in [-0.05, 0) is 67.6 Å². The van der Waals surface area contributed by atoms with Gasteiger partial charge >= 0.3 is 5.97 Å². The number of H-pyrrole nitrogens is 1. The minimum Gasteiger partial charge on any atom is -0.505 e. The van der Waals surface area contributed by atoms with Gasteiger partial charge in [0, 0.05) is 11.6 Å². The molecule has 1 aromatic heterocycles. The van der Waals surface area contributed by atoms with Gasteiger partial charge in [-0.3, -0.25) is 14.9 Å². The Morgan fingerprint density at radius 1 is 1.00 bits per heavy atom. The number of aliphatic imine (C=N–C) groups is 1. The summed E-state index contributed by atoms with van der Waals surface area (Å²) in [5.41, 5.74) is 5.54. The van der Waals surface area contributed by atoms with Crippen LogP contribution < -0.4 is 5.56 Å². The first-order valence-corrected chi connectivity index (χ1v) is 12.6. The van der Waals surface area contributed by atoms with Crippen LogP contribution in [0.5, 0.6) is 5.75 Å². The van der Waals surface area contributed by atoms with Crippen molar-refractivity contribution in [3.8, 4) is 11.4 Å². The molecule has 0 aliphatic heterocycles. The molecule has 0 aliphatic carbocycles. The maximum absolute atomic E-state index is 13.4. The number of benzene rings is 3. The third-order valence-corrected chi connectivity index (χ3v) is 6.63. The number of aromatic carboxylic acids is 1. The zero-order chi connectivity index (χ0) is 27.6. The number of para-hydroxylation sites is 1. The van der Waals surface area contributed by atoms with Gasteiger partial charge in [0.25, 0.3) is 5.56 Å². The van der Waals surface area contributed by atoms with E-state index in [-0.39, 0.29) is 16.9 Å². The summed E-state index contributed by atoms with van der Waals surface area (Å²) in [6.07, 6.45) is 2.92. The second-order valence-electron chi connectivity index (χ2n) is 10.6. The minimum atomic E-state index is -1.07. The molecule has 4 rings (SSSR count). The van der Waals surface area contributed by atoms with Gasteiger partial charge in [-0.15, -0.1) is 0 Å². The highest BCUT2D eigenvalue weighted by molar-refractivity contribution is 5.88. The summed E-state index contributed by atoms with van der Waals surface area (Å²) in [6.45, 7) is 10.1. The molecule has 7 heteroatoms. The number of rotatable bonds is 7. The van der Waals surface area contributed by atoms with Crippen LogP contribution in [0.2, 0.25) is 0 Å². The molecule has 3 N–H and O–H groups in total. The molecular weight excluding hydrogens is 478 g/mol. The number of hydrogen-bond donors (Lipinski definition) is 3. The summed E-state index contributed by atoms with van der Waals surface area (Å²) >= 11 is 0. The number of carbonyl (C=O) groups is 1. The van der Waals surface area contributed by atoms with Crippen molar-refractivity contribution in [2.45, 2.75) is 52.9 Å². The predicted molar refractivity (Wildman–Crippen MR) is 151 cm³/mol. The summed E-state index contributed by atoms with van der Waals surface area (Å²) in [6, 6.07) is 18.0. The lowest BCUT2D eigenvalue weighted by Crippen LogP contribution is -2.18. The number of carboxylic acids is 1. The largest absolute Gasteiger partial charge is 0.505 e. The van der Waals surface area contributed by atoms with Crippen LogP contribution in [0.15, 0.2) is 70.5 Å². The number of phenols is 1. The molecule has 0 bridgehead atoms. The first kappa shape index (κ1) is 26.7. The topological polar surface area (TPSA) is 108 Å². The van der Waals surface area contributed by atoms with E-state index in [2.05, 4.69) is 42.1 Å². The van der Waals surface area contributed by atoms with Crippen molar-refractivity contribution in [1.29, 1.82) is 0 Å². The molecule has 0 atom stereocenters. The number of aromatic amines is 1.